The molecule has 4 rings (SSSR count). The second kappa shape index (κ2) is 5.01. The summed E-state index contributed by atoms with van der Waals surface area (Å²) in [5.74, 6) is 0.850. The maximum atomic E-state index is 12.8. The first-order chi connectivity index (χ1) is 11.1. The topological polar surface area (TPSA) is 41.6 Å². The standard InChI is InChI=1S/C19H20N2O2/c1-3-13-7-6-8-14(11-13)21-18(22)20-16-12-19(21,2)23-17-10-5-4-9-15(16)17/h4-11,16H,3,12H2,1-2H3,(H,20,22)/t16-,19+/m1/s1. The van der Waals surface area contributed by atoms with Crippen molar-refractivity contribution in [2.24, 2.45) is 0 Å². The van der Waals surface area contributed by atoms with E-state index in [-0.39, 0.29) is 12.1 Å². The van der Waals surface area contributed by atoms with Crippen LogP contribution in [0.15, 0.2) is 48.5 Å². The molecule has 4 heteroatoms. The molecule has 2 bridgehead atoms. The lowest BCUT2D eigenvalue weighted by Crippen LogP contribution is -2.65. The van der Waals surface area contributed by atoms with Crippen molar-refractivity contribution in [2.75, 3.05) is 4.90 Å². The second-order valence-corrected chi connectivity index (χ2v) is 6.38. The number of nitrogens with zero attached hydrogens (tertiary/aromatic N) is 1. The number of benzene rings is 2. The molecule has 0 aromatic heterocycles. The quantitative estimate of drug-likeness (QED) is 0.910. The molecule has 0 radical (unpaired) electrons. The van der Waals surface area contributed by atoms with E-state index in [1.807, 2.05) is 43.3 Å². The molecule has 2 aromatic rings. The number of nitrogens with one attached hydrogen (secondary N) is 1. The van der Waals surface area contributed by atoms with E-state index in [1.165, 1.54) is 5.56 Å². The molecule has 0 spiro atoms. The fraction of sp³-hybridized carbons (Fsp3) is 0.316. The van der Waals surface area contributed by atoms with Gasteiger partial charge in [-0.05, 0) is 37.1 Å². The summed E-state index contributed by atoms with van der Waals surface area (Å²) in [6, 6.07) is 15.9. The van der Waals surface area contributed by atoms with Gasteiger partial charge in [-0.3, -0.25) is 4.90 Å². The van der Waals surface area contributed by atoms with Crippen molar-refractivity contribution in [1.82, 2.24) is 5.32 Å². The summed E-state index contributed by atoms with van der Waals surface area (Å²) in [5.41, 5.74) is 2.47. The van der Waals surface area contributed by atoms with Crippen LogP contribution in [-0.2, 0) is 6.42 Å². The Bertz CT molecular complexity index is 773. The van der Waals surface area contributed by atoms with Crippen LogP contribution in [0.25, 0.3) is 0 Å². The number of aryl methyl sites for hydroxylation is 1. The van der Waals surface area contributed by atoms with Crippen LogP contribution in [0.3, 0.4) is 0 Å². The van der Waals surface area contributed by atoms with E-state index in [1.54, 1.807) is 4.90 Å². The van der Waals surface area contributed by atoms with E-state index >= 15 is 0 Å². The van der Waals surface area contributed by atoms with Crippen LogP contribution in [0.2, 0.25) is 0 Å². The van der Waals surface area contributed by atoms with Gasteiger partial charge in [-0.25, -0.2) is 4.79 Å². The summed E-state index contributed by atoms with van der Waals surface area (Å²) < 4.78 is 6.27. The largest absolute Gasteiger partial charge is 0.467 e. The van der Waals surface area contributed by atoms with E-state index in [0.717, 1.165) is 29.8 Å². The van der Waals surface area contributed by atoms with Gasteiger partial charge >= 0.3 is 6.03 Å². The van der Waals surface area contributed by atoms with Crippen molar-refractivity contribution in [3.05, 3.63) is 59.7 Å². The molecular weight excluding hydrogens is 288 g/mol. The van der Waals surface area contributed by atoms with Gasteiger partial charge in [0.25, 0.3) is 0 Å². The Labute approximate surface area is 136 Å². The molecule has 0 unspecified atom stereocenters. The fourth-order valence-electron chi connectivity index (χ4n) is 3.63. The van der Waals surface area contributed by atoms with Gasteiger partial charge in [-0.15, -0.1) is 0 Å². The Hall–Kier alpha value is -2.49. The number of fused-ring (bicyclic) bond motifs is 4. The molecule has 0 saturated carbocycles. The van der Waals surface area contributed by atoms with Crippen molar-refractivity contribution in [3.8, 4) is 5.75 Å². The molecule has 2 heterocycles. The highest BCUT2D eigenvalue weighted by molar-refractivity contribution is 5.95. The number of hydrogen-bond donors (Lipinski definition) is 1. The molecule has 2 atom stereocenters. The van der Waals surface area contributed by atoms with Gasteiger partial charge in [0.15, 0.2) is 5.72 Å². The van der Waals surface area contributed by atoms with Crippen LogP contribution in [0, 0.1) is 0 Å². The number of hydrogen-bond acceptors (Lipinski definition) is 2. The summed E-state index contributed by atoms with van der Waals surface area (Å²) in [6.07, 6.45) is 1.67. The van der Waals surface area contributed by atoms with Crippen molar-refractivity contribution in [3.63, 3.8) is 0 Å². The van der Waals surface area contributed by atoms with Crippen molar-refractivity contribution in [1.29, 1.82) is 0 Å². The highest BCUT2D eigenvalue weighted by Gasteiger charge is 2.49. The molecule has 2 amide bonds. The van der Waals surface area contributed by atoms with Crippen molar-refractivity contribution >= 4 is 11.7 Å². The number of amides is 2. The van der Waals surface area contributed by atoms with Crippen LogP contribution in [0.5, 0.6) is 5.75 Å². The average Bonchev–Trinajstić information content (AvgIpc) is 2.54. The normalized spacial score (nSPS) is 25.4. The van der Waals surface area contributed by atoms with Gasteiger partial charge in [0.1, 0.15) is 5.75 Å². The Morgan fingerprint density at radius 2 is 2.09 bits per heavy atom. The smallest absolute Gasteiger partial charge is 0.325 e. The van der Waals surface area contributed by atoms with E-state index in [2.05, 4.69) is 24.4 Å². The van der Waals surface area contributed by atoms with Gasteiger partial charge < -0.3 is 10.1 Å². The van der Waals surface area contributed by atoms with E-state index in [9.17, 15) is 4.79 Å². The second-order valence-electron chi connectivity index (χ2n) is 6.38. The number of para-hydroxylation sites is 1. The Morgan fingerprint density at radius 3 is 2.91 bits per heavy atom. The minimum Gasteiger partial charge on any atom is -0.467 e. The van der Waals surface area contributed by atoms with Gasteiger partial charge in [0.2, 0.25) is 0 Å². The molecule has 1 saturated heterocycles. The van der Waals surface area contributed by atoms with Gasteiger partial charge in [0.05, 0.1) is 6.04 Å². The van der Waals surface area contributed by atoms with E-state index in [0.29, 0.717) is 0 Å². The Morgan fingerprint density at radius 1 is 1.26 bits per heavy atom. The third-order valence-electron chi connectivity index (χ3n) is 4.76. The van der Waals surface area contributed by atoms with E-state index in [4.69, 9.17) is 4.74 Å². The molecule has 2 aliphatic rings. The number of carbonyl (C=O) groups excluding carboxylic acids is 1. The summed E-state index contributed by atoms with van der Waals surface area (Å²) in [4.78, 5) is 14.5. The predicted octanol–water partition coefficient (Wildman–Crippen LogP) is 4.02. The zero-order valence-electron chi connectivity index (χ0n) is 13.4. The highest BCUT2D eigenvalue weighted by Crippen LogP contribution is 2.45. The summed E-state index contributed by atoms with van der Waals surface area (Å²) >= 11 is 0. The monoisotopic (exact) mass is 308 g/mol. The van der Waals surface area contributed by atoms with Gasteiger partial charge in [0, 0.05) is 17.7 Å². The first kappa shape index (κ1) is 14.1. The maximum Gasteiger partial charge on any atom is 0.325 e. The van der Waals surface area contributed by atoms with Crippen LogP contribution in [0.1, 0.15) is 37.4 Å². The lowest BCUT2D eigenvalue weighted by atomic mass is 9.90. The molecular formula is C19H20N2O2. The van der Waals surface area contributed by atoms with Crippen LogP contribution >= 0.6 is 0 Å². The predicted molar refractivity (Wildman–Crippen MR) is 89.7 cm³/mol. The lowest BCUT2D eigenvalue weighted by molar-refractivity contribution is 0.0379. The SMILES string of the molecule is CCc1cccc(N2C(=O)N[C@@H]3C[C@]2(C)Oc2ccccc23)c1. The minimum absolute atomic E-state index is 0.00283. The molecule has 118 valence electrons. The third kappa shape index (κ3) is 2.17. The average molecular weight is 308 g/mol. The Balaban J connectivity index is 1.79. The molecule has 23 heavy (non-hydrogen) atoms. The zero-order valence-corrected chi connectivity index (χ0v) is 13.4. The number of carbonyl (C=O) groups is 1. The number of ether oxygens (including phenoxy) is 1. The van der Waals surface area contributed by atoms with Crippen LogP contribution < -0.4 is 15.0 Å². The molecule has 2 aliphatic heterocycles. The lowest BCUT2D eigenvalue weighted by Gasteiger charge is -2.50. The Kier molecular flexibility index (Phi) is 3.08. The summed E-state index contributed by atoms with van der Waals surface area (Å²) in [5, 5.41) is 3.12. The molecule has 1 fully saturated rings. The third-order valence-corrected chi connectivity index (χ3v) is 4.76. The molecule has 4 nitrogen and oxygen atoms in total. The number of rotatable bonds is 2. The van der Waals surface area contributed by atoms with Crippen LogP contribution in [-0.4, -0.2) is 11.8 Å². The molecule has 0 aliphatic carbocycles. The van der Waals surface area contributed by atoms with Crippen LogP contribution in [0.4, 0.5) is 10.5 Å². The van der Waals surface area contributed by atoms with Crippen molar-refractivity contribution < 1.29 is 9.53 Å². The fourth-order valence-corrected chi connectivity index (χ4v) is 3.63. The van der Waals surface area contributed by atoms with Gasteiger partial charge in [-0.2, -0.15) is 0 Å². The first-order valence-corrected chi connectivity index (χ1v) is 8.08. The minimum atomic E-state index is -0.673. The van der Waals surface area contributed by atoms with Crippen molar-refractivity contribution in [2.45, 2.75) is 38.5 Å². The first-order valence-electron chi connectivity index (χ1n) is 8.08. The summed E-state index contributed by atoms with van der Waals surface area (Å²) in [6.45, 7) is 4.10. The molecule has 1 N–H and O–H groups in total. The maximum absolute atomic E-state index is 12.8. The highest BCUT2D eigenvalue weighted by atomic mass is 16.5. The number of anilines is 1. The summed E-state index contributed by atoms with van der Waals surface area (Å²) in [7, 11) is 0. The zero-order chi connectivity index (χ0) is 16.0. The van der Waals surface area contributed by atoms with E-state index < -0.39 is 5.72 Å². The number of urea groups is 1. The molecule has 2 aromatic carbocycles. The van der Waals surface area contributed by atoms with Gasteiger partial charge in [-0.1, -0.05) is 37.3 Å².